The molecule has 0 aliphatic rings. The van der Waals surface area contributed by atoms with E-state index < -0.39 is 0 Å². The van der Waals surface area contributed by atoms with Gasteiger partial charge in [-0.3, -0.25) is 4.79 Å². The van der Waals surface area contributed by atoms with Crippen molar-refractivity contribution in [2.24, 2.45) is 5.92 Å². The quantitative estimate of drug-likeness (QED) is 0.785. The van der Waals surface area contributed by atoms with Crippen LogP contribution in [0.5, 0.6) is 0 Å². The summed E-state index contributed by atoms with van der Waals surface area (Å²) in [5.41, 5.74) is 0.554. The summed E-state index contributed by atoms with van der Waals surface area (Å²) >= 11 is 9.20. The Balaban J connectivity index is 2.39. The first-order chi connectivity index (χ1) is 8.54. The van der Waals surface area contributed by atoms with Gasteiger partial charge in [0.05, 0.1) is 5.02 Å². The van der Waals surface area contributed by atoms with Crippen LogP contribution in [0.1, 0.15) is 30.1 Å². The lowest BCUT2D eigenvalue weighted by molar-refractivity contribution is 0.0952. The first-order valence-electron chi connectivity index (χ1n) is 5.88. The molecule has 0 bridgehead atoms. The van der Waals surface area contributed by atoms with E-state index in [0.717, 1.165) is 17.3 Å². The van der Waals surface area contributed by atoms with Crippen molar-refractivity contribution in [3.05, 3.63) is 33.3 Å². The summed E-state index contributed by atoms with van der Waals surface area (Å²) in [5, 5.41) is 12.2. The van der Waals surface area contributed by atoms with E-state index in [1.165, 1.54) is 0 Å². The molecule has 1 atom stereocenters. The van der Waals surface area contributed by atoms with Crippen molar-refractivity contribution in [2.75, 3.05) is 13.2 Å². The predicted octanol–water partition coefficient (Wildman–Crippen LogP) is 3.24. The van der Waals surface area contributed by atoms with Crippen LogP contribution < -0.4 is 5.32 Å². The highest BCUT2D eigenvalue weighted by molar-refractivity contribution is 9.10. The molecule has 0 saturated heterocycles. The van der Waals surface area contributed by atoms with Gasteiger partial charge in [-0.2, -0.15) is 0 Å². The van der Waals surface area contributed by atoms with Gasteiger partial charge in [0, 0.05) is 23.2 Å². The van der Waals surface area contributed by atoms with Gasteiger partial charge in [0.1, 0.15) is 0 Å². The number of carbonyl (C=O) groups is 1. The van der Waals surface area contributed by atoms with Crippen LogP contribution in [0.25, 0.3) is 0 Å². The van der Waals surface area contributed by atoms with Crippen molar-refractivity contribution in [3.63, 3.8) is 0 Å². The fourth-order valence-electron chi connectivity index (χ4n) is 1.48. The maximum atomic E-state index is 11.8. The van der Waals surface area contributed by atoms with Crippen molar-refractivity contribution in [2.45, 2.75) is 19.8 Å². The second-order valence-electron chi connectivity index (χ2n) is 4.31. The van der Waals surface area contributed by atoms with Crippen LogP contribution in [0.3, 0.4) is 0 Å². The van der Waals surface area contributed by atoms with E-state index in [2.05, 4.69) is 21.2 Å². The third-order valence-electron chi connectivity index (χ3n) is 2.65. The second kappa shape index (κ2) is 7.77. The zero-order valence-electron chi connectivity index (χ0n) is 10.2. The Hall–Kier alpha value is -0.580. The molecule has 1 aromatic rings. The zero-order valence-corrected chi connectivity index (χ0v) is 12.6. The van der Waals surface area contributed by atoms with E-state index in [1.807, 2.05) is 6.92 Å². The minimum absolute atomic E-state index is 0.124. The van der Waals surface area contributed by atoms with Gasteiger partial charge in [-0.05, 0) is 52.9 Å². The van der Waals surface area contributed by atoms with Gasteiger partial charge >= 0.3 is 0 Å². The average molecular weight is 335 g/mol. The lowest BCUT2D eigenvalue weighted by atomic mass is 10.1. The number of aliphatic hydroxyl groups excluding tert-OH is 1. The Kier molecular flexibility index (Phi) is 6.68. The number of nitrogens with one attached hydrogen (secondary N) is 1. The van der Waals surface area contributed by atoms with Crippen molar-refractivity contribution in [3.8, 4) is 0 Å². The molecule has 18 heavy (non-hydrogen) atoms. The molecule has 0 aliphatic heterocycles. The SMILES string of the molecule is CC(CO)CCCNC(=O)c1ccc(Br)c(Cl)c1. The third-order valence-corrected chi connectivity index (χ3v) is 3.89. The van der Waals surface area contributed by atoms with Gasteiger partial charge in [-0.25, -0.2) is 0 Å². The fourth-order valence-corrected chi connectivity index (χ4v) is 1.91. The Morgan fingerprint density at radius 1 is 1.56 bits per heavy atom. The number of amides is 1. The molecule has 0 fully saturated rings. The molecule has 0 saturated carbocycles. The third kappa shape index (κ3) is 4.96. The molecule has 1 unspecified atom stereocenters. The van der Waals surface area contributed by atoms with Gasteiger partial charge < -0.3 is 10.4 Å². The number of hydrogen-bond acceptors (Lipinski definition) is 2. The molecule has 3 nitrogen and oxygen atoms in total. The largest absolute Gasteiger partial charge is 0.396 e. The molecule has 5 heteroatoms. The Bertz CT molecular complexity index is 412. The molecule has 0 aromatic heterocycles. The normalized spacial score (nSPS) is 12.2. The highest BCUT2D eigenvalue weighted by Crippen LogP contribution is 2.23. The molecule has 0 heterocycles. The summed E-state index contributed by atoms with van der Waals surface area (Å²) in [7, 11) is 0. The number of benzene rings is 1. The molecule has 100 valence electrons. The van der Waals surface area contributed by atoms with E-state index in [1.54, 1.807) is 18.2 Å². The number of hydrogen-bond donors (Lipinski definition) is 2. The maximum absolute atomic E-state index is 11.8. The first-order valence-corrected chi connectivity index (χ1v) is 7.05. The number of aliphatic hydroxyl groups is 1. The molecule has 2 N–H and O–H groups in total. The maximum Gasteiger partial charge on any atom is 0.251 e. The van der Waals surface area contributed by atoms with Gasteiger partial charge in [0.25, 0.3) is 5.91 Å². The van der Waals surface area contributed by atoms with Crippen molar-refractivity contribution in [1.82, 2.24) is 5.32 Å². The average Bonchev–Trinajstić information content (AvgIpc) is 2.37. The minimum Gasteiger partial charge on any atom is -0.396 e. The van der Waals surface area contributed by atoms with Crippen molar-refractivity contribution >= 4 is 33.4 Å². The van der Waals surface area contributed by atoms with Crippen LogP contribution in [0.15, 0.2) is 22.7 Å². The van der Waals surface area contributed by atoms with Crippen LogP contribution in [-0.2, 0) is 0 Å². The van der Waals surface area contributed by atoms with Crippen LogP contribution in [0.2, 0.25) is 5.02 Å². The lowest BCUT2D eigenvalue weighted by Gasteiger charge is -2.09. The summed E-state index contributed by atoms with van der Waals surface area (Å²) in [6, 6.07) is 5.12. The van der Waals surface area contributed by atoms with Crippen molar-refractivity contribution in [1.29, 1.82) is 0 Å². The van der Waals surface area contributed by atoms with Gasteiger partial charge in [-0.1, -0.05) is 18.5 Å². The van der Waals surface area contributed by atoms with Gasteiger partial charge in [-0.15, -0.1) is 0 Å². The first kappa shape index (κ1) is 15.5. The minimum atomic E-state index is -0.124. The van der Waals surface area contributed by atoms with E-state index in [0.29, 0.717) is 17.1 Å². The Morgan fingerprint density at radius 2 is 2.28 bits per heavy atom. The number of halogens is 2. The van der Waals surface area contributed by atoms with Gasteiger partial charge in [0.2, 0.25) is 0 Å². The predicted molar refractivity (Wildman–Crippen MR) is 77.0 cm³/mol. The highest BCUT2D eigenvalue weighted by Gasteiger charge is 2.07. The van der Waals surface area contributed by atoms with E-state index in [9.17, 15) is 4.79 Å². The Labute approximate surface area is 121 Å². The molecular weight excluding hydrogens is 318 g/mol. The Morgan fingerprint density at radius 3 is 2.89 bits per heavy atom. The second-order valence-corrected chi connectivity index (χ2v) is 5.58. The molecule has 0 spiro atoms. The van der Waals surface area contributed by atoms with E-state index >= 15 is 0 Å². The number of rotatable bonds is 6. The summed E-state index contributed by atoms with van der Waals surface area (Å²) in [6.45, 7) is 2.78. The molecule has 1 aromatic carbocycles. The van der Waals surface area contributed by atoms with Gasteiger partial charge in [0.15, 0.2) is 0 Å². The van der Waals surface area contributed by atoms with Crippen molar-refractivity contribution < 1.29 is 9.90 Å². The smallest absolute Gasteiger partial charge is 0.251 e. The molecule has 0 aliphatic carbocycles. The molecule has 0 radical (unpaired) electrons. The molecular formula is C13H17BrClNO2. The molecule has 1 amide bonds. The summed E-state index contributed by atoms with van der Waals surface area (Å²) in [6.07, 6.45) is 1.76. The summed E-state index contributed by atoms with van der Waals surface area (Å²) in [5.74, 6) is 0.157. The number of carbonyl (C=O) groups excluding carboxylic acids is 1. The van der Waals surface area contributed by atoms with Crippen LogP contribution >= 0.6 is 27.5 Å². The van der Waals surface area contributed by atoms with Crippen LogP contribution in [-0.4, -0.2) is 24.2 Å². The zero-order chi connectivity index (χ0) is 13.5. The summed E-state index contributed by atoms with van der Waals surface area (Å²) in [4.78, 5) is 11.8. The fraction of sp³-hybridized carbons (Fsp3) is 0.462. The van der Waals surface area contributed by atoms with Crippen LogP contribution in [0, 0.1) is 5.92 Å². The van der Waals surface area contributed by atoms with E-state index in [4.69, 9.17) is 16.7 Å². The topological polar surface area (TPSA) is 49.3 Å². The summed E-state index contributed by atoms with van der Waals surface area (Å²) < 4.78 is 0.775. The highest BCUT2D eigenvalue weighted by atomic mass is 79.9. The monoisotopic (exact) mass is 333 g/mol. The molecule has 1 rings (SSSR count). The van der Waals surface area contributed by atoms with Crippen LogP contribution in [0.4, 0.5) is 0 Å². The van der Waals surface area contributed by atoms with E-state index in [-0.39, 0.29) is 18.4 Å². The lowest BCUT2D eigenvalue weighted by Crippen LogP contribution is -2.24. The standard InChI is InChI=1S/C13H17BrClNO2/c1-9(8-17)3-2-6-16-13(18)10-4-5-11(14)12(15)7-10/h4-5,7,9,17H,2-3,6,8H2,1H3,(H,16,18).